The largest absolute Gasteiger partial charge is 0.355 e. The highest BCUT2D eigenvalue weighted by molar-refractivity contribution is 7.92. The van der Waals surface area contributed by atoms with Crippen molar-refractivity contribution < 1.29 is 18.0 Å². The smallest absolute Gasteiger partial charge is 0.264 e. The third kappa shape index (κ3) is 8.45. The van der Waals surface area contributed by atoms with E-state index in [1.807, 2.05) is 56.3 Å². The van der Waals surface area contributed by atoms with Gasteiger partial charge in [-0.15, -0.1) is 0 Å². The van der Waals surface area contributed by atoms with Crippen LogP contribution in [0.1, 0.15) is 36.1 Å². The molecule has 0 saturated carbocycles. The van der Waals surface area contributed by atoms with Crippen LogP contribution in [0.15, 0.2) is 102 Å². The number of carbonyl (C=O) groups excluding carboxylic acids is 2. The standard InChI is InChI=1S/C35H37Cl2N3O4S/c1-4-27-13-9-10-14-32(27)40(45(43,44)30-19-15-25(3)16-20-30)24-34(41)39(23-28-17-18-29(36)22-31(28)37)33(35(42)38-5-2)21-26-11-7-6-8-12-26/h6-20,22,33H,4-5,21,23-24H2,1-3H3,(H,38,42). The predicted octanol–water partition coefficient (Wildman–Crippen LogP) is 6.84. The van der Waals surface area contributed by atoms with E-state index in [2.05, 4.69) is 5.32 Å². The zero-order valence-corrected chi connectivity index (χ0v) is 27.9. The molecular formula is C35H37Cl2N3O4S. The Hall–Kier alpha value is -3.85. The molecule has 236 valence electrons. The maximum atomic E-state index is 14.6. The molecule has 45 heavy (non-hydrogen) atoms. The third-order valence-electron chi connectivity index (χ3n) is 7.51. The minimum Gasteiger partial charge on any atom is -0.355 e. The second kappa shape index (κ2) is 15.4. The van der Waals surface area contributed by atoms with Crippen molar-refractivity contribution in [3.05, 3.63) is 129 Å². The van der Waals surface area contributed by atoms with Gasteiger partial charge in [-0.1, -0.05) is 102 Å². The maximum Gasteiger partial charge on any atom is 0.264 e. The molecule has 2 amide bonds. The summed E-state index contributed by atoms with van der Waals surface area (Å²) in [5, 5.41) is 3.61. The van der Waals surface area contributed by atoms with Gasteiger partial charge in [-0.05, 0) is 67.3 Å². The van der Waals surface area contributed by atoms with Crippen molar-refractivity contribution in [2.45, 2.75) is 51.1 Å². The molecule has 0 spiro atoms. The van der Waals surface area contributed by atoms with E-state index in [9.17, 15) is 18.0 Å². The Morgan fingerprint density at radius 3 is 2.16 bits per heavy atom. The molecule has 4 aromatic rings. The summed E-state index contributed by atoms with van der Waals surface area (Å²) in [4.78, 5) is 29.7. The summed E-state index contributed by atoms with van der Waals surface area (Å²) >= 11 is 12.7. The lowest BCUT2D eigenvalue weighted by molar-refractivity contribution is -0.140. The molecule has 7 nitrogen and oxygen atoms in total. The molecule has 0 aromatic heterocycles. The van der Waals surface area contributed by atoms with E-state index in [-0.39, 0.29) is 23.8 Å². The van der Waals surface area contributed by atoms with Crippen molar-refractivity contribution in [1.29, 1.82) is 0 Å². The van der Waals surface area contributed by atoms with E-state index in [0.717, 1.165) is 21.0 Å². The summed E-state index contributed by atoms with van der Waals surface area (Å²) in [5.74, 6) is -0.920. The second-order valence-corrected chi connectivity index (χ2v) is 13.4. The lowest BCUT2D eigenvalue weighted by Gasteiger charge is -2.34. The van der Waals surface area contributed by atoms with E-state index < -0.39 is 28.5 Å². The zero-order valence-electron chi connectivity index (χ0n) is 25.5. The van der Waals surface area contributed by atoms with Gasteiger partial charge >= 0.3 is 0 Å². The average Bonchev–Trinajstić information content (AvgIpc) is 3.03. The quantitative estimate of drug-likeness (QED) is 0.170. The van der Waals surface area contributed by atoms with E-state index in [1.165, 1.54) is 17.0 Å². The first kappa shape index (κ1) is 34.0. The molecule has 0 fully saturated rings. The first-order valence-electron chi connectivity index (χ1n) is 14.8. The summed E-state index contributed by atoms with van der Waals surface area (Å²) < 4.78 is 29.7. The summed E-state index contributed by atoms with van der Waals surface area (Å²) in [5.41, 5.74) is 3.48. The molecule has 0 aliphatic carbocycles. The van der Waals surface area contributed by atoms with Gasteiger partial charge in [0.05, 0.1) is 10.6 Å². The van der Waals surface area contributed by atoms with Gasteiger partial charge < -0.3 is 10.2 Å². The van der Waals surface area contributed by atoms with Gasteiger partial charge in [0.1, 0.15) is 12.6 Å². The van der Waals surface area contributed by atoms with Crippen molar-refractivity contribution in [2.24, 2.45) is 0 Å². The Kier molecular flexibility index (Phi) is 11.7. The highest BCUT2D eigenvalue weighted by atomic mass is 35.5. The molecule has 0 saturated heterocycles. The molecule has 0 bridgehead atoms. The van der Waals surface area contributed by atoms with Crippen LogP contribution in [0.25, 0.3) is 0 Å². The van der Waals surface area contributed by atoms with Gasteiger partial charge in [0.25, 0.3) is 10.0 Å². The van der Waals surface area contributed by atoms with E-state index in [1.54, 1.807) is 49.4 Å². The Labute approximate surface area is 275 Å². The Balaban J connectivity index is 1.84. The third-order valence-corrected chi connectivity index (χ3v) is 9.87. The molecule has 0 aliphatic heterocycles. The minimum atomic E-state index is -4.19. The monoisotopic (exact) mass is 665 g/mol. The average molecular weight is 667 g/mol. The predicted molar refractivity (Wildman–Crippen MR) is 181 cm³/mol. The van der Waals surface area contributed by atoms with Crippen LogP contribution < -0.4 is 9.62 Å². The number of carbonyl (C=O) groups is 2. The first-order chi connectivity index (χ1) is 21.5. The van der Waals surface area contributed by atoms with E-state index >= 15 is 0 Å². The number of amides is 2. The topological polar surface area (TPSA) is 86.8 Å². The number of sulfonamides is 1. The Morgan fingerprint density at radius 2 is 1.51 bits per heavy atom. The van der Waals surface area contributed by atoms with Crippen LogP contribution in [0.4, 0.5) is 5.69 Å². The number of nitrogens with zero attached hydrogens (tertiary/aromatic N) is 2. The van der Waals surface area contributed by atoms with Crippen molar-refractivity contribution in [3.63, 3.8) is 0 Å². The lowest BCUT2D eigenvalue weighted by atomic mass is 10.0. The Morgan fingerprint density at radius 1 is 0.844 bits per heavy atom. The van der Waals surface area contributed by atoms with Crippen LogP contribution in [0, 0.1) is 6.92 Å². The summed E-state index contributed by atoms with van der Waals surface area (Å²) in [6.07, 6.45) is 0.754. The Bertz CT molecular complexity index is 1730. The van der Waals surface area contributed by atoms with Gasteiger partial charge in [-0.3, -0.25) is 13.9 Å². The van der Waals surface area contributed by atoms with Crippen molar-refractivity contribution >= 4 is 50.7 Å². The van der Waals surface area contributed by atoms with Crippen molar-refractivity contribution in [2.75, 3.05) is 17.4 Å². The number of benzene rings is 4. The van der Waals surface area contributed by atoms with Gasteiger partial charge in [0, 0.05) is 29.6 Å². The lowest BCUT2D eigenvalue weighted by Crippen LogP contribution is -2.53. The number of aryl methyl sites for hydroxylation is 2. The van der Waals surface area contributed by atoms with Gasteiger partial charge in [-0.25, -0.2) is 8.42 Å². The van der Waals surface area contributed by atoms with Gasteiger partial charge in [0.15, 0.2) is 0 Å². The highest BCUT2D eigenvalue weighted by Crippen LogP contribution is 2.29. The van der Waals surface area contributed by atoms with Gasteiger partial charge in [-0.2, -0.15) is 0 Å². The number of anilines is 1. The zero-order chi connectivity index (χ0) is 32.6. The molecule has 4 aromatic carbocycles. The fourth-order valence-corrected chi connectivity index (χ4v) is 7.00. The number of rotatable bonds is 13. The van der Waals surface area contributed by atoms with Crippen LogP contribution in [0.2, 0.25) is 10.0 Å². The SMILES string of the molecule is CCNC(=O)C(Cc1ccccc1)N(Cc1ccc(Cl)cc1Cl)C(=O)CN(c1ccccc1CC)S(=O)(=O)c1ccc(C)cc1. The molecule has 1 atom stereocenters. The summed E-state index contributed by atoms with van der Waals surface area (Å²) in [6.45, 7) is 5.37. The van der Waals surface area contributed by atoms with Crippen molar-refractivity contribution in [3.8, 4) is 0 Å². The fourth-order valence-electron chi connectivity index (χ4n) is 5.08. The molecule has 0 heterocycles. The highest BCUT2D eigenvalue weighted by Gasteiger charge is 2.35. The van der Waals surface area contributed by atoms with E-state index in [0.29, 0.717) is 34.3 Å². The van der Waals surface area contributed by atoms with Crippen molar-refractivity contribution in [1.82, 2.24) is 10.2 Å². The number of para-hydroxylation sites is 1. The second-order valence-electron chi connectivity index (χ2n) is 10.7. The van der Waals surface area contributed by atoms with E-state index in [4.69, 9.17) is 23.2 Å². The summed E-state index contributed by atoms with van der Waals surface area (Å²) in [6, 6.07) is 27.0. The van der Waals surface area contributed by atoms with Crippen LogP contribution in [-0.2, 0) is 39.0 Å². The maximum absolute atomic E-state index is 14.6. The number of halogens is 2. The first-order valence-corrected chi connectivity index (χ1v) is 17.0. The molecule has 4 rings (SSSR count). The molecule has 0 radical (unpaired) electrons. The number of likely N-dealkylation sites (N-methyl/N-ethyl adjacent to an activating group) is 1. The molecule has 0 aliphatic rings. The van der Waals surface area contributed by atoms with Gasteiger partial charge in [0.2, 0.25) is 11.8 Å². The number of nitrogens with one attached hydrogen (secondary N) is 1. The van der Waals surface area contributed by atoms with Crippen LogP contribution in [0.3, 0.4) is 0 Å². The summed E-state index contributed by atoms with van der Waals surface area (Å²) in [7, 11) is -4.19. The molecule has 1 unspecified atom stereocenters. The molecular weight excluding hydrogens is 629 g/mol. The number of hydrogen-bond donors (Lipinski definition) is 1. The fraction of sp³-hybridized carbons (Fsp3) is 0.257. The minimum absolute atomic E-state index is 0.0443. The molecule has 10 heteroatoms. The van der Waals surface area contributed by atoms with Crippen LogP contribution in [-0.4, -0.2) is 44.3 Å². The normalized spacial score (nSPS) is 11.9. The van der Waals surface area contributed by atoms with Crippen LogP contribution >= 0.6 is 23.2 Å². The molecule has 1 N–H and O–H groups in total. The van der Waals surface area contributed by atoms with Crippen LogP contribution in [0.5, 0.6) is 0 Å². The number of hydrogen-bond acceptors (Lipinski definition) is 4.